The Labute approximate surface area is 224 Å². The number of rotatable bonds is 9. The molecule has 4 N–H and O–H groups in total. The summed E-state index contributed by atoms with van der Waals surface area (Å²) in [4.78, 5) is 3.49. The molecule has 0 amide bonds. The second-order valence-corrected chi connectivity index (χ2v) is 14.4. The molecule has 4 rings (SSSR count). The van der Waals surface area contributed by atoms with Gasteiger partial charge in [0, 0.05) is 61.1 Å². The molecule has 0 aliphatic carbocycles. The van der Waals surface area contributed by atoms with Crippen LogP contribution in [-0.2, 0) is 19.7 Å². The topological polar surface area (TPSA) is 127 Å². The monoisotopic (exact) mass is 554 g/mol. The van der Waals surface area contributed by atoms with Crippen LogP contribution in [0.5, 0.6) is 0 Å². The largest absolute Gasteiger partial charge is 0.377 e. The number of nitrogens with two attached hydrogens (primary N) is 2. The maximum absolute atomic E-state index is 14.4. The van der Waals surface area contributed by atoms with E-state index in [1.807, 2.05) is 62.3 Å². The number of anilines is 2. The van der Waals surface area contributed by atoms with Crippen molar-refractivity contribution < 1.29 is 16.8 Å². The van der Waals surface area contributed by atoms with Crippen molar-refractivity contribution in [2.45, 2.75) is 26.8 Å². The minimum absolute atomic E-state index is 0.0879. The predicted molar refractivity (Wildman–Crippen MR) is 156 cm³/mol. The molecule has 38 heavy (non-hydrogen) atoms. The van der Waals surface area contributed by atoms with Gasteiger partial charge in [-0.25, -0.2) is 16.8 Å². The Morgan fingerprint density at radius 3 is 1.37 bits per heavy atom. The van der Waals surface area contributed by atoms with Gasteiger partial charge in [0.05, 0.1) is 9.79 Å². The highest BCUT2D eigenvalue weighted by atomic mass is 32.3. The first-order valence-corrected chi connectivity index (χ1v) is 15.2. The molecule has 0 aliphatic heterocycles. The standard InChI is InChI=1S/C28H34N4O4S2/c1-31(2)24-14-5-12-22-20(24)10-7-16-26(22)37(33,34)28(30,18-9-19-29)38(35,36)27-17-8-11-21-23(27)13-6-15-25(21)32(3)4/h5-8,10-17H,9,18-19,29-30H2,1-4H3. The van der Waals surface area contributed by atoms with Crippen LogP contribution in [0.3, 0.4) is 0 Å². The molecule has 0 saturated heterocycles. The van der Waals surface area contributed by atoms with Crippen molar-refractivity contribution in [1.82, 2.24) is 0 Å². The SMILES string of the molecule is CN(C)c1cccc2c(S(=O)(=O)C(N)(CCCN)S(=O)(=O)c3cccc4c(N(C)C)cccc34)cccc12. The van der Waals surface area contributed by atoms with Gasteiger partial charge in [0.2, 0.25) is 23.9 Å². The molecule has 0 heterocycles. The summed E-state index contributed by atoms with van der Waals surface area (Å²) in [5, 5.41) is 2.17. The van der Waals surface area contributed by atoms with Crippen molar-refractivity contribution in [2.75, 3.05) is 44.5 Å². The zero-order chi connectivity index (χ0) is 27.9. The molecule has 0 aliphatic rings. The van der Waals surface area contributed by atoms with E-state index < -0.39 is 23.9 Å². The van der Waals surface area contributed by atoms with Crippen LogP contribution in [0.25, 0.3) is 21.5 Å². The Kier molecular flexibility index (Phi) is 7.46. The fourth-order valence-electron chi connectivity index (χ4n) is 4.91. The number of hydrogen-bond acceptors (Lipinski definition) is 8. The Morgan fingerprint density at radius 1 is 0.632 bits per heavy atom. The third kappa shape index (κ3) is 4.31. The van der Waals surface area contributed by atoms with Crippen molar-refractivity contribution in [1.29, 1.82) is 0 Å². The van der Waals surface area contributed by atoms with Gasteiger partial charge in [-0.05, 0) is 43.7 Å². The third-order valence-corrected chi connectivity index (χ3v) is 12.3. The highest BCUT2D eigenvalue weighted by molar-refractivity contribution is 8.10. The lowest BCUT2D eigenvalue weighted by Crippen LogP contribution is -2.54. The molecule has 10 heteroatoms. The van der Waals surface area contributed by atoms with Crippen molar-refractivity contribution in [3.05, 3.63) is 72.8 Å². The van der Waals surface area contributed by atoms with E-state index in [0.717, 1.165) is 11.4 Å². The second-order valence-electron chi connectivity index (χ2n) is 9.76. The first kappa shape index (κ1) is 27.8. The molecular weight excluding hydrogens is 520 g/mol. The predicted octanol–water partition coefficient (Wildman–Crippen LogP) is 3.72. The maximum Gasteiger partial charge on any atom is 0.230 e. The average molecular weight is 555 g/mol. The lowest BCUT2D eigenvalue weighted by molar-refractivity contribution is 0.522. The highest BCUT2D eigenvalue weighted by Crippen LogP contribution is 2.41. The summed E-state index contributed by atoms with van der Waals surface area (Å²) >= 11 is 0. The molecule has 0 bridgehead atoms. The summed E-state index contributed by atoms with van der Waals surface area (Å²) in [6, 6.07) is 20.3. The van der Waals surface area contributed by atoms with E-state index >= 15 is 0 Å². The van der Waals surface area contributed by atoms with Crippen LogP contribution >= 0.6 is 0 Å². The first-order chi connectivity index (χ1) is 17.9. The molecule has 0 saturated carbocycles. The fourth-order valence-corrected chi connectivity index (χ4v) is 9.63. The van der Waals surface area contributed by atoms with E-state index in [9.17, 15) is 16.8 Å². The highest BCUT2D eigenvalue weighted by Gasteiger charge is 2.53. The molecule has 0 aromatic heterocycles. The number of benzene rings is 4. The van der Waals surface area contributed by atoms with Crippen molar-refractivity contribution in [3.8, 4) is 0 Å². The lowest BCUT2D eigenvalue weighted by Gasteiger charge is -2.30. The summed E-state index contributed by atoms with van der Waals surface area (Å²) < 4.78 is 55.0. The molecule has 0 radical (unpaired) electrons. The van der Waals surface area contributed by atoms with Crippen LogP contribution in [0.2, 0.25) is 0 Å². The molecule has 0 spiro atoms. The van der Waals surface area contributed by atoms with Crippen LogP contribution in [0.4, 0.5) is 11.4 Å². The van der Waals surface area contributed by atoms with E-state index in [1.54, 1.807) is 36.4 Å². The van der Waals surface area contributed by atoms with Gasteiger partial charge in [0.15, 0.2) is 0 Å². The van der Waals surface area contributed by atoms with Crippen LogP contribution in [0.15, 0.2) is 82.6 Å². The zero-order valence-electron chi connectivity index (χ0n) is 22.0. The van der Waals surface area contributed by atoms with Gasteiger partial charge >= 0.3 is 0 Å². The van der Waals surface area contributed by atoms with Gasteiger partial charge in [-0.15, -0.1) is 0 Å². The van der Waals surface area contributed by atoms with Gasteiger partial charge in [-0.2, -0.15) is 0 Å². The minimum Gasteiger partial charge on any atom is -0.377 e. The van der Waals surface area contributed by atoms with Crippen molar-refractivity contribution >= 4 is 52.6 Å². The van der Waals surface area contributed by atoms with Gasteiger partial charge in [-0.3, -0.25) is 5.73 Å². The second kappa shape index (κ2) is 10.2. The number of sulfone groups is 2. The zero-order valence-corrected chi connectivity index (χ0v) is 23.7. The summed E-state index contributed by atoms with van der Waals surface area (Å²) in [7, 11) is -1.84. The van der Waals surface area contributed by atoms with Crippen LogP contribution in [0.1, 0.15) is 12.8 Å². The summed E-state index contributed by atoms with van der Waals surface area (Å²) in [5.41, 5.74) is 14.0. The molecule has 0 fully saturated rings. The van der Waals surface area contributed by atoms with Gasteiger partial charge < -0.3 is 15.5 Å². The lowest BCUT2D eigenvalue weighted by atomic mass is 10.1. The molecule has 0 atom stereocenters. The van der Waals surface area contributed by atoms with Crippen LogP contribution in [-0.4, -0.2) is 55.8 Å². The Morgan fingerprint density at radius 2 is 1.00 bits per heavy atom. The average Bonchev–Trinajstić information content (AvgIpc) is 2.89. The van der Waals surface area contributed by atoms with Crippen molar-refractivity contribution in [3.63, 3.8) is 0 Å². The van der Waals surface area contributed by atoms with Gasteiger partial charge in [0.25, 0.3) is 0 Å². The maximum atomic E-state index is 14.4. The van der Waals surface area contributed by atoms with Gasteiger partial charge in [-0.1, -0.05) is 48.5 Å². The first-order valence-electron chi connectivity index (χ1n) is 12.2. The van der Waals surface area contributed by atoms with Crippen molar-refractivity contribution in [2.24, 2.45) is 11.5 Å². The van der Waals surface area contributed by atoms with E-state index in [-0.39, 0.29) is 29.2 Å². The smallest absolute Gasteiger partial charge is 0.230 e. The number of hydrogen-bond donors (Lipinski definition) is 2. The Hall–Kier alpha value is -3.18. The molecule has 8 nitrogen and oxygen atoms in total. The number of fused-ring (bicyclic) bond motifs is 2. The van der Waals surface area contributed by atoms with Crippen LogP contribution in [0, 0.1) is 0 Å². The Balaban J connectivity index is 2.03. The fraction of sp³-hybridized carbons (Fsp3) is 0.286. The van der Waals surface area contributed by atoms with Crippen LogP contribution < -0.4 is 21.3 Å². The summed E-state index contributed by atoms with van der Waals surface area (Å²) in [6.07, 6.45) is -0.252. The summed E-state index contributed by atoms with van der Waals surface area (Å²) in [6.45, 7) is 0.0879. The third-order valence-electron chi connectivity index (χ3n) is 6.90. The molecular formula is C28H34N4O4S2. The quantitative estimate of drug-likeness (QED) is 0.321. The molecule has 4 aromatic carbocycles. The minimum atomic E-state index is -4.64. The van der Waals surface area contributed by atoms with E-state index in [2.05, 4.69) is 0 Å². The van der Waals surface area contributed by atoms with E-state index in [1.165, 1.54) is 12.1 Å². The van der Waals surface area contributed by atoms with E-state index in [0.29, 0.717) is 21.5 Å². The normalized spacial score (nSPS) is 12.7. The van der Waals surface area contributed by atoms with Gasteiger partial charge in [0.1, 0.15) is 0 Å². The summed E-state index contributed by atoms with van der Waals surface area (Å²) in [5.74, 6) is 0. The Bertz CT molecular complexity index is 1590. The molecule has 0 unspecified atom stereocenters. The molecule has 202 valence electrons. The molecule has 4 aromatic rings. The number of nitrogens with zero attached hydrogens (tertiary/aromatic N) is 2. The van der Waals surface area contributed by atoms with E-state index in [4.69, 9.17) is 11.5 Å².